The molecule has 0 fully saturated rings. The third-order valence-corrected chi connectivity index (χ3v) is 3.64. The second kappa shape index (κ2) is 9.36. The molecule has 2 aromatic rings. The number of hydrogen-bond donors (Lipinski definition) is 4. The lowest BCUT2D eigenvalue weighted by molar-refractivity contribution is -0.137. The average molecular weight is 396 g/mol. The molecule has 10 heteroatoms. The van der Waals surface area contributed by atoms with E-state index in [1.54, 1.807) is 39.2 Å². The molecule has 0 amide bonds. The molecule has 0 aliphatic heterocycles. The minimum absolute atomic E-state index is 0.00621. The fourth-order valence-corrected chi connectivity index (χ4v) is 2.43. The number of hydrogen-bond acceptors (Lipinski definition) is 7. The van der Waals surface area contributed by atoms with Gasteiger partial charge in [0.15, 0.2) is 0 Å². The van der Waals surface area contributed by atoms with Gasteiger partial charge in [-0.3, -0.25) is 0 Å². The summed E-state index contributed by atoms with van der Waals surface area (Å²) in [6, 6.07) is 5.00. The van der Waals surface area contributed by atoms with Crippen LogP contribution in [0.2, 0.25) is 0 Å². The number of halogens is 3. The van der Waals surface area contributed by atoms with Gasteiger partial charge < -0.3 is 26.1 Å². The maximum atomic E-state index is 13.2. The van der Waals surface area contributed by atoms with Gasteiger partial charge in [-0.1, -0.05) is 6.07 Å². The number of benzene rings is 1. The molecule has 0 atom stereocenters. The Morgan fingerprint density at radius 1 is 1.25 bits per heavy atom. The number of ether oxygens (including phenoxy) is 1. The third kappa shape index (κ3) is 5.56. The van der Waals surface area contributed by atoms with Crippen LogP contribution >= 0.6 is 0 Å². The van der Waals surface area contributed by atoms with Crippen LogP contribution in [0.15, 0.2) is 24.4 Å². The van der Waals surface area contributed by atoms with Gasteiger partial charge in [-0.2, -0.15) is 18.2 Å². The zero-order valence-corrected chi connectivity index (χ0v) is 15.8. The Hall–Kier alpha value is -2.88. The monoisotopic (exact) mass is 396 g/mol. The predicted molar refractivity (Wildman–Crippen MR) is 104 cm³/mol. The molecule has 0 aliphatic rings. The first-order valence-electron chi connectivity index (χ1n) is 8.60. The van der Waals surface area contributed by atoms with Crippen LogP contribution in [0.1, 0.15) is 25.0 Å². The molecule has 0 aliphatic carbocycles. The zero-order valence-electron chi connectivity index (χ0n) is 15.8. The van der Waals surface area contributed by atoms with E-state index in [4.69, 9.17) is 10.1 Å². The highest BCUT2D eigenvalue weighted by molar-refractivity contribution is 5.94. The van der Waals surface area contributed by atoms with Gasteiger partial charge in [0.1, 0.15) is 11.4 Å². The summed E-state index contributed by atoms with van der Waals surface area (Å²) >= 11 is 0. The topological polar surface area (TPSA) is 94.9 Å². The van der Waals surface area contributed by atoms with Gasteiger partial charge in [0.05, 0.1) is 12.3 Å². The van der Waals surface area contributed by atoms with Crippen LogP contribution in [0.25, 0.3) is 0 Å². The summed E-state index contributed by atoms with van der Waals surface area (Å²) in [6.45, 7) is 4.47. The van der Waals surface area contributed by atoms with Crippen LogP contribution < -0.4 is 16.0 Å². The average Bonchev–Trinajstić information content (AvgIpc) is 2.61. The first-order chi connectivity index (χ1) is 13.3. The van der Waals surface area contributed by atoms with E-state index in [1.807, 2.05) is 0 Å². The van der Waals surface area contributed by atoms with Crippen molar-refractivity contribution in [2.75, 3.05) is 36.2 Å². The summed E-state index contributed by atoms with van der Waals surface area (Å²) in [5, 5.41) is 16.4. The van der Waals surface area contributed by atoms with Crippen LogP contribution in [0.4, 0.5) is 36.3 Å². The second-order valence-electron chi connectivity index (χ2n) is 6.21. The van der Waals surface area contributed by atoms with Gasteiger partial charge in [0.25, 0.3) is 0 Å². The van der Waals surface area contributed by atoms with Gasteiger partial charge >= 0.3 is 6.18 Å². The molecular formula is C18H23F3N6O. The van der Waals surface area contributed by atoms with E-state index in [0.29, 0.717) is 30.1 Å². The summed E-state index contributed by atoms with van der Waals surface area (Å²) in [5.74, 6) is -0.306. The Bertz CT molecular complexity index is 810. The molecule has 152 valence electrons. The Balaban J connectivity index is 2.34. The summed E-state index contributed by atoms with van der Waals surface area (Å²) in [7, 11) is 1.59. The maximum Gasteiger partial charge on any atom is 0.421 e. The van der Waals surface area contributed by atoms with Gasteiger partial charge in [-0.15, -0.1) is 0 Å². The SMILES string of the molecule is COCCNc1cccc(Nc2ncc(C(F)(F)F)c(NC(C)C)n2)c1C=N. The molecule has 1 heterocycles. The molecule has 2 rings (SSSR count). The molecule has 0 spiro atoms. The van der Waals surface area contributed by atoms with Crippen LogP contribution in [0.3, 0.4) is 0 Å². The molecule has 0 saturated heterocycles. The van der Waals surface area contributed by atoms with Crippen molar-refractivity contribution in [2.45, 2.75) is 26.1 Å². The fraction of sp³-hybridized carbons (Fsp3) is 0.389. The number of rotatable bonds is 9. The smallest absolute Gasteiger partial charge is 0.383 e. The highest BCUT2D eigenvalue weighted by Crippen LogP contribution is 2.34. The lowest BCUT2D eigenvalue weighted by Crippen LogP contribution is -2.18. The van der Waals surface area contributed by atoms with Crippen LogP contribution in [-0.2, 0) is 10.9 Å². The van der Waals surface area contributed by atoms with Gasteiger partial charge in [-0.25, -0.2) is 4.98 Å². The van der Waals surface area contributed by atoms with E-state index in [9.17, 15) is 13.2 Å². The first kappa shape index (κ1) is 21.4. The second-order valence-corrected chi connectivity index (χ2v) is 6.21. The van der Waals surface area contributed by atoms with Gasteiger partial charge in [0.2, 0.25) is 5.95 Å². The van der Waals surface area contributed by atoms with Gasteiger partial charge in [0, 0.05) is 43.4 Å². The number of methoxy groups -OCH3 is 1. The van der Waals surface area contributed by atoms with E-state index in [-0.39, 0.29) is 17.8 Å². The zero-order chi connectivity index (χ0) is 20.7. The first-order valence-corrected chi connectivity index (χ1v) is 8.60. The molecule has 7 nitrogen and oxygen atoms in total. The Morgan fingerprint density at radius 3 is 2.57 bits per heavy atom. The molecule has 0 unspecified atom stereocenters. The Morgan fingerprint density at radius 2 is 1.96 bits per heavy atom. The Kier molecular flexibility index (Phi) is 7.16. The van der Waals surface area contributed by atoms with E-state index in [2.05, 4.69) is 25.9 Å². The van der Waals surface area contributed by atoms with Crippen LogP contribution in [-0.4, -0.2) is 42.5 Å². The molecule has 0 bridgehead atoms. The van der Waals surface area contributed by atoms with E-state index < -0.39 is 11.7 Å². The largest absolute Gasteiger partial charge is 0.421 e. The number of alkyl halides is 3. The molecule has 28 heavy (non-hydrogen) atoms. The number of nitrogens with one attached hydrogen (secondary N) is 4. The van der Waals surface area contributed by atoms with Crippen molar-refractivity contribution >= 4 is 29.4 Å². The molecule has 1 aromatic carbocycles. The predicted octanol–water partition coefficient (Wildman–Crippen LogP) is 4.12. The highest BCUT2D eigenvalue weighted by atomic mass is 19.4. The highest BCUT2D eigenvalue weighted by Gasteiger charge is 2.35. The lowest BCUT2D eigenvalue weighted by atomic mass is 10.1. The van der Waals surface area contributed by atoms with Gasteiger partial charge in [-0.05, 0) is 26.0 Å². The molecule has 0 radical (unpaired) electrons. The molecule has 0 saturated carbocycles. The fourth-order valence-electron chi connectivity index (χ4n) is 2.43. The standard InChI is InChI=1S/C18H23F3N6O/c1-11(2)25-16-13(18(19,20)21)10-24-17(27-16)26-15-6-4-5-14(12(15)9-22)23-7-8-28-3/h4-6,9-11,22-23H,7-8H2,1-3H3,(H2,24,25,26,27). The Labute approximate surface area is 161 Å². The summed E-state index contributed by atoms with van der Waals surface area (Å²) < 4.78 is 44.6. The van der Waals surface area contributed by atoms with Crippen molar-refractivity contribution in [3.63, 3.8) is 0 Å². The van der Waals surface area contributed by atoms with Crippen molar-refractivity contribution in [3.8, 4) is 0 Å². The van der Waals surface area contributed by atoms with E-state index in [0.717, 1.165) is 12.4 Å². The number of aromatic nitrogens is 2. The van der Waals surface area contributed by atoms with Crippen molar-refractivity contribution in [1.82, 2.24) is 9.97 Å². The minimum atomic E-state index is -4.57. The third-order valence-electron chi connectivity index (χ3n) is 3.64. The molecule has 1 aromatic heterocycles. The lowest BCUT2D eigenvalue weighted by Gasteiger charge is -2.17. The molecule has 4 N–H and O–H groups in total. The van der Waals surface area contributed by atoms with Crippen molar-refractivity contribution in [2.24, 2.45) is 0 Å². The van der Waals surface area contributed by atoms with E-state index >= 15 is 0 Å². The van der Waals surface area contributed by atoms with Crippen molar-refractivity contribution < 1.29 is 17.9 Å². The molecular weight excluding hydrogens is 373 g/mol. The van der Waals surface area contributed by atoms with Crippen LogP contribution in [0, 0.1) is 5.41 Å². The summed E-state index contributed by atoms with van der Waals surface area (Å²) in [4.78, 5) is 7.78. The quantitative estimate of drug-likeness (QED) is 0.376. The summed E-state index contributed by atoms with van der Waals surface area (Å²) in [5.41, 5.74) is 0.770. The van der Waals surface area contributed by atoms with Crippen molar-refractivity contribution in [1.29, 1.82) is 5.41 Å². The summed E-state index contributed by atoms with van der Waals surface area (Å²) in [6.07, 6.45) is -2.68. The van der Waals surface area contributed by atoms with Crippen LogP contribution in [0.5, 0.6) is 0 Å². The maximum absolute atomic E-state index is 13.2. The van der Waals surface area contributed by atoms with Crippen molar-refractivity contribution in [3.05, 3.63) is 35.5 Å². The number of anilines is 4. The normalized spacial score (nSPS) is 11.4. The number of nitrogens with zero attached hydrogens (tertiary/aromatic N) is 2. The van der Waals surface area contributed by atoms with E-state index in [1.165, 1.54) is 0 Å². The minimum Gasteiger partial charge on any atom is -0.383 e.